The first-order chi connectivity index (χ1) is 12.9. The summed E-state index contributed by atoms with van der Waals surface area (Å²) in [4.78, 5) is 5.02. The molecule has 3 rings (SSSR count). The Kier molecular flexibility index (Phi) is 7.16. The predicted molar refractivity (Wildman–Crippen MR) is 114 cm³/mol. The minimum Gasteiger partial charge on any atom is -0.369 e. The lowest BCUT2D eigenvalue weighted by Gasteiger charge is -2.36. The van der Waals surface area contributed by atoms with Crippen LogP contribution in [0.1, 0.15) is 6.42 Å². The molecule has 1 saturated heterocycles. The molecule has 1 aliphatic rings. The molecule has 1 N–H and O–H groups in total. The number of piperazine rings is 1. The van der Waals surface area contributed by atoms with Crippen molar-refractivity contribution in [3.8, 4) is 0 Å². The molecule has 1 heterocycles. The van der Waals surface area contributed by atoms with Crippen LogP contribution in [-0.4, -0.2) is 52.6 Å². The summed E-state index contributed by atoms with van der Waals surface area (Å²) in [7, 11) is -3.44. The van der Waals surface area contributed by atoms with Crippen molar-refractivity contribution in [3.63, 3.8) is 0 Å². The molecule has 0 saturated carbocycles. The number of hydrogen-bond donors (Lipinski definition) is 1. The zero-order chi connectivity index (χ0) is 19.3. The summed E-state index contributed by atoms with van der Waals surface area (Å²) in [6.45, 7) is 5.20. The normalized spacial score (nSPS) is 15.9. The monoisotopic (exact) mass is 471 g/mol. The number of benzene rings is 2. The van der Waals surface area contributed by atoms with E-state index >= 15 is 0 Å². The first-order valence-corrected chi connectivity index (χ1v) is 11.6. The molecular weight excluding hydrogens is 450 g/mol. The fourth-order valence-electron chi connectivity index (χ4n) is 3.09. The van der Waals surface area contributed by atoms with Gasteiger partial charge in [-0.15, -0.1) is 0 Å². The lowest BCUT2D eigenvalue weighted by atomic mass is 10.2. The van der Waals surface area contributed by atoms with Gasteiger partial charge in [0.15, 0.2) is 0 Å². The highest BCUT2D eigenvalue weighted by atomic mass is 79.9. The van der Waals surface area contributed by atoms with Crippen LogP contribution < -0.4 is 9.62 Å². The summed E-state index contributed by atoms with van der Waals surface area (Å²) in [5.41, 5.74) is 1.20. The van der Waals surface area contributed by atoms with Crippen molar-refractivity contribution >= 4 is 43.2 Å². The van der Waals surface area contributed by atoms with Crippen molar-refractivity contribution in [1.82, 2.24) is 9.62 Å². The Balaban J connectivity index is 1.39. The average Bonchev–Trinajstić information content (AvgIpc) is 2.67. The highest BCUT2D eigenvalue weighted by Gasteiger charge is 2.17. The molecule has 2 aromatic rings. The molecule has 0 aliphatic carbocycles. The molecule has 0 bridgehead atoms. The molecule has 8 heteroatoms. The van der Waals surface area contributed by atoms with E-state index < -0.39 is 10.0 Å². The summed E-state index contributed by atoms with van der Waals surface area (Å²) >= 11 is 9.26. The first-order valence-electron chi connectivity index (χ1n) is 8.92. The molecule has 0 amide bonds. The van der Waals surface area contributed by atoms with Crippen LogP contribution in [0.5, 0.6) is 0 Å². The highest BCUT2D eigenvalue weighted by Crippen LogP contribution is 2.19. The van der Waals surface area contributed by atoms with Gasteiger partial charge in [0.25, 0.3) is 0 Å². The first kappa shape index (κ1) is 20.6. The van der Waals surface area contributed by atoms with Crippen LogP contribution in [0.3, 0.4) is 0 Å². The van der Waals surface area contributed by atoms with Crippen LogP contribution in [0.2, 0.25) is 5.02 Å². The van der Waals surface area contributed by atoms with Crippen LogP contribution >= 0.6 is 27.5 Å². The third-order valence-electron chi connectivity index (χ3n) is 4.63. The number of anilines is 1. The van der Waals surface area contributed by atoms with Gasteiger partial charge in [-0.3, -0.25) is 4.90 Å². The van der Waals surface area contributed by atoms with Gasteiger partial charge in [0.1, 0.15) is 0 Å². The number of rotatable bonds is 7. The fourth-order valence-corrected chi connectivity index (χ4v) is 4.55. The van der Waals surface area contributed by atoms with E-state index in [4.69, 9.17) is 11.6 Å². The molecule has 0 atom stereocenters. The van der Waals surface area contributed by atoms with E-state index in [9.17, 15) is 8.42 Å². The van der Waals surface area contributed by atoms with E-state index in [2.05, 4.69) is 42.6 Å². The Bertz CT molecular complexity index is 836. The molecular formula is C19H23BrClN3O2S. The lowest BCUT2D eigenvalue weighted by molar-refractivity contribution is 0.255. The number of sulfonamides is 1. The molecule has 0 spiro atoms. The smallest absolute Gasteiger partial charge is 0.240 e. The number of hydrogen-bond acceptors (Lipinski definition) is 4. The highest BCUT2D eigenvalue weighted by molar-refractivity contribution is 9.10. The van der Waals surface area contributed by atoms with E-state index in [1.807, 2.05) is 12.1 Å². The average molecular weight is 473 g/mol. The molecule has 0 aromatic heterocycles. The van der Waals surface area contributed by atoms with Gasteiger partial charge in [0, 0.05) is 47.9 Å². The van der Waals surface area contributed by atoms with E-state index in [0.29, 0.717) is 11.4 Å². The lowest BCUT2D eigenvalue weighted by Crippen LogP contribution is -2.47. The molecule has 27 heavy (non-hydrogen) atoms. The molecule has 2 aromatic carbocycles. The van der Waals surface area contributed by atoms with Gasteiger partial charge in [-0.25, -0.2) is 13.1 Å². The molecule has 1 aliphatic heterocycles. The largest absolute Gasteiger partial charge is 0.369 e. The summed E-state index contributed by atoms with van der Waals surface area (Å²) in [5, 5.41) is 0.753. The third kappa shape index (κ3) is 5.93. The van der Waals surface area contributed by atoms with Gasteiger partial charge in [-0.1, -0.05) is 27.5 Å². The topological polar surface area (TPSA) is 52.7 Å². The van der Waals surface area contributed by atoms with Gasteiger partial charge >= 0.3 is 0 Å². The number of nitrogens with zero attached hydrogens (tertiary/aromatic N) is 2. The van der Waals surface area contributed by atoms with Gasteiger partial charge in [-0.05, 0) is 61.5 Å². The van der Waals surface area contributed by atoms with Crippen molar-refractivity contribution in [2.45, 2.75) is 11.3 Å². The molecule has 0 unspecified atom stereocenters. The molecule has 146 valence electrons. The van der Waals surface area contributed by atoms with Crippen LogP contribution in [0, 0.1) is 0 Å². The Morgan fingerprint density at radius 3 is 2.22 bits per heavy atom. The number of halogens is 2. The Hall–Kier alpha value is -1.12. The van der Waals surface area contributed by atoms with Crippen molar-refractivity contribution in [2.24, 2.45) is 0 Å². The second-order valence-corrected chi connectivity index (χ2v) is 9.63. The van der Waals surface area contributed by atoms with E-state index in [0.717, 1.165) is 48.6 Å². The Labute approximate surface area is 174 Å². The molecule has 5 nitrogen and oxygen atoms in total. The van der Waals surface area contributed by atoms with Gasteiger partial charge in [0.05, 0.1) is 4.90 Å². The Morgan fingerprint density at radius 2 is 1.59 bits per heavy atom. The van der Waals surface area contributed by atoms with Crippen LogP contribution in [-0.2, 0) is 10.0 Å². The minimum atomic E-state index is -3.44. The van der Waals surface area contributed by atoms with Crippen LogP contribution in [0.25, 0.3) is 0 Å². The van der Waals surface area contributed by atoms with Gasteiger partial charge in [0.2, 0.25) is 10.0 Å². The Morgan fingerprint density at radius 1 is 0.963 bits per heavy atom. The van der Waals surface area contributed by atoms with Crippen LogP contribution in [0.4, 0.5) is 5.69 Å². The van der Waals surface area contributed by atoms with E-state index in [1.54, 1.807) is 24.3 Å². The zero-order valence-electron chi connectivity index (χ0n) is 14.9. The fraction of sp³-hybridized carbons (Fsp3) is 0.368. The second-order valence-electron chi connectivity index (χ2n) is 6.51. The summed E-state index contributed by atoms with van der Waals surface area (Å²) < 4.78 is 28.1. The molecule has 0 radical (unpaired) electrons. The standard InChI is InChI=1S/C19H23BrClN3O2S/c20-16-2-8-19(9-3-16)27(25,26)22-10-1-11-23-12-14-24(15-13-23)18-6-4-17(21)5-7-18/h2-9,22H,1,10-15H2. The SMILES string of the molecule is O=S(=O)(NCCCN1CCN(c2ccc(Cl)cc2)CC1)c1ccc(Br)cc1. The van der Waals surface area contributed by atoms with Gasteiger partial charge in [-0.2, -0.15) is 0 Å². The minimum absolute atomic E-state index is 0.294. The van der Waals surface area contributed by atoms with Crippen molar-refractivity contribution in [1.29, 1.82) is 0 Å². The van der Waals surface area contributed by atoms with Crippen molar-refractivity contribution in [3.05, 3.63) is 58.0 Å². The maximum atomic E-state index is 12.3. The quantitative estimate of drug-likeness (QED) is 0.626. The van der Waals surface area contributed by atoms with Gasteiger partial charge < -0.3 is 4.90 Å². The van der Waals surface area contributed by atoms with Crippen LogP contribution in [0.15, 0.2) is 57.9 Å². The predicted octanol–water partition coefficient (Wildman–Crippen LogP) is 3.59. The summed E-state index contributed by atoms with van der Waals surface area (Å²) in [6.07, 6.45) is 0.788. The molecule has 1 fully saturated rings. The maximum absolute atomic E-state index is 12.3. The van der Waals surface area contributed by atoms with Crippen molar-refractivity contribution in [2.75, 3.05) is 44.2 Å². The van der Waals surface area contributed by atoms with E-state index in [1.165, 1.54) is 5.69 Å². The van der Waals surface area contributed by atoms with E-state index in [-0.39, 0.29) is 0 Å². The summed E-state index contributed by atoms with van der Waals surface area (Å²) in [6, 6.07) is 14.6. The summed E-state index contributed by atoms with van der Waals surface area (Å²) in [5.74, 6) is 0. The van der Waals surface area contributed by atoms with Crippen molar-refractivity contribution < 1.29 is 8.42 Å². The second kappa shape index (κ2) is 9.39. The zero-order valence-corrected chi connectivity index (χ0v) is 18.1. The third-order valence-corrected chi connectivity index (χ3v) is 6.89. The number of nitrogens with one attached hydrogen (secondary N) is 1. The maximum Gasteiger partial charge on any atom is 0.240 e.